The van der Waals surface area contributed by atoms with Crippen LogP contribution in [0.15, 0.2) is 82.4 Å². The van der Waals surface area contributed by atoms with E-state index < -0.39 is 10.0 Å². The summed E-state index contributed by atoms with van der Waals surface area (Å²) in [4.78, 5) is 12.8. The van der Waals surface area contributed by atoms with E-state index in [1.807, 2.05) is 38.1 Å². The van der Waals surface area contributed by atoms with Crippen LogP contribution < -0.4 is 10.0 Å². The molecule has 1 aromatic heterocycles. The number of nitrogens with zero attached hydrogens (tertiary/aromatic N) is 2. The van der Waals surface area contributed by atoms with E-state index >= 15 is 0 Å². The van der Waals surface area contributed by atoms with E-state index in [0.717, 1.165) is 11.1 Å². The molecule has 32 heavy (non-hydrogen) atoms. The third-order valence-electron chi connectivity index (χ3n) is 4.91. The van der Waals surface area contributed by atoms with Crippen LogP contribution in [0.1, 0.15) is 21.5 Å². The van der Waals surface area contributed by atoms with Gasteiger partial charge in [-0.05, 0) is 67.4 Å². The van der Waals surface area contributed by atoms with Gasteiger partial charge in [-0.1, -0.05) is 24.3 Å². The van der Waals surface area contributed by atoms with Gasteiger partial charge in [0, 0.05) is 16.8 Å². The van der Waals surface area contributed by atoms with E-state index in [0.29, 0.717) is 28.4 Å². The lowest BCUT2D eigenvalue weighted by Crippen LogP contribution is -2.15. The molecule has 9 heteroatoms. The molecule has 3 aromatic carbocycles. The lowest BCUT2D eigenvalue weighted by molar-refractivity contribution is 0.102. The van der Waals surface area contributed by atoms with Crippen LogP contribution in [-0.4, -0.2) is 24.5 Å². The molecule has 0 aliphatic heterocycles. The van der Waals surface area contributed by atoms with Gasteiger partial charge in [0.05, 0.1) is 10.6 Å². The maximum Gasteiger partial charge on any atom is 0.261 e. The summed E-state index contributed by atoms with van der Waals surface area (Å²) in [6.45, 7) is 3.68. The van der Waals surface area contributed by atoms with Gasteiger partial charge in [-0.2, -0.15) is 0 Å². The first-order valence-electron chi connectivity index (χ1n) is 9.70. The number of carbonyl (C=O) groups is 1. The number of anilines is 2. The quantitative estimate of drug-likeness (QED) is 0.452. The molecular formula is C23H20N4O4S. The van der Waals surface area contributed by atoms with E-state index in [-0.39, 0.29) is 10.8 Å². The molecule has 0 saturated carbocycles. The number of aromatic nitrogens is 2. The first-order valence-corrected chi connectivity index (χ1v) is 11.2. The molecule has 0 spiro atoms. The minimum Gasteiger partial charge on any atom is -0.423 e. The number of hydrogen-bond donors (Lipinski definition) is 2. The Kier molecular flexibility index (Phi) is 5.74. The molecule has 2 N–H and O–H groups in total. The standard InChI is InChI=1S/C23H20N4O4S/c1-15-5-3-4-6-20(15)27-32(29,30)19-11-9-17(10-12-19)22(28)25-21-13-18(8-7-16(21)2)23-26-24-14-31-23/h3-14,27H,1-2H3,(H,25,28). The van der Waals surface area contributed by atoms with Crippen molar-refractivity contribution in [3.8, 4) is 11.5 Å². The van der Waals surface area contributed by atoms with Crippen LogP contribution in [0.4, 0.5) is 11.4 Å². The van der Waals surface area contributed by atoms with E-state index in [9.17, 15) is 13.2 Å². The second-order valence-electron chi connectivity index (χ2n) is 7.17. The predicted molar refractivity (Wildman–Crippen MR) is 121 cm³/mol. The topological polar surface area (TPSA) is 114 Å². The fourth-order valence-corrected chi connectivity index (χ4v) is 4.19. The largest absolute Gasteiger partial charge is 0.423 e. The molecule has 0 atom stereocenters. The van der Waals surface area contributed by atoms with E-state index in [1.54, 1.807) is 18.2 Å². The Hall–Kier alpha value is -3.98. The summed E-state index contributed by atoms with van der Waals surface area (Å²) in [6, 6.07) is 18.2. The maximum atomic E-state index is 12.7. The number of nitrogens with one attached hydrogen (secondary N) is 2. The van der Waals surface area contributed by atoms with Crippen molar-refractivity contribution in [1.82, 2.24) is 10.2 Å². The molecule has 0 bridgehead atoms. The van der Waals surface area contributed by atoms with Crippen LogP contribution in [0, 0.1) is 13.8 Å². The molecule has 0 unspecified atom stereocenters. The Morgan fingerprint density at radius 3 is 2.31 bits per heavy atom. The second kappa shape index (κ2) is 8.64. The molecule has 4 aromatic rings. The molecule has 0 radical (unpaired) electrons. The van der Waals surface area contributed by atoms with Gasteiger partial charge in [0.15, 0.2) is 0 Å². The number of amides is 1. The molecule has 4 rings (SSSR count). The van der Waals surface area contributed by atoms with Gasteiger partial charge in [-0.25, -0.2) is 8.42 Å². The Morgan fingerprint density at radius 1 is 0.906 bits per heavy atom. The summed E-state index contributed by atoms with van der Waals surface area (Å²) in [7, 11) is -3.78. The van der Waals surface area contributed by atoms with Crippen LogP contribution in [0.5, 0.6) is 0 Å². The van der Waals surface area contributed by atoms with Gasteiger partial charge < -0.3 is 9.73 Å². The fraction of sp³-hybridized carbons (Fsp3) is 0.0870. The normalized spacial score (nSPS) is 11.2. The highest BCUT2D eigenvalue weighted by Crippen LogP contribution is 2.25. The van der Waals surface area contributed by atoms with Crippen molar-refractivity contribution < 1.29 is 17.6 Å². The van der Waals surface area contributed by atoms with Crippen molar-refractivity contribution in [1.29, 1.82) is 0 Å². The molecule has 0 saturated heterocycles. The molecule has 1 amide bonds. The van der Waals surface area contributed by atoms with E-state index in [4.69, 9.17) is 4.42 Å². The fourth-order valence-electron chi connectivity index (χ4n) is 3.06. The van der Waals surface area contributed by atoms with Gasteiger partial charge in [0.25, 0.3) is 15.9 Å². The average molecular weight is 449 g/mol. The second-order valence-corrected chi connectivity index (χ2v) is 8.85. The SMILES string of the molecule is Cc1ccc(-c2nnco2)cc1NC(=O)c1ccc(S(=O)(=O)Nc2ccccc2C)cc1. The molecule has 0 aliphatic carbocycles. The van der Waals surface area contributed by atoms with Gasteiger partial charge in [-0.3, -0.25) is 9.52 Å². The molecule has 8 nitrogen and oxygen atoms in total. The summed E-state index contributed by atoms with van der Waals surface area (Å²) in [6.07, 6.45) is 1.23. The maximum absolute atomic E-state index is 12.7. The van der Waals surface area contributed by atoms with Crippen LogP contribution in [0.2, 0.25) is 0 Å². The Labute approximate surface area is 185 Å². The lowest BCUT2D eigenvalue weighted by atomic mass is 10.1. The molecule has 1 heterocycles. The summed E-state index contributed by atoms with van der Waals surface area (Å²) >= 11 is 0. The number of hydrogen-bond acceptors (Lipinski definition) is 6. The minimum absolute atomic E-state index is 0.0619. The molecule has 0 aliphatic rings. The van der Waals surface area contributed by atoms with Crippen LogP contribution in [0.25, 0.3) is 11.5 Å². The van der Waals surface area contributed by atoms with E-state index in [1.165, 1.54) is 30.7 Å². The zero-order valence-electron chi connectivity index (χ0n) is 17.4. The van der Waals surface area contributed by atoms with E-state index in [2.05, 4.69) is 20.2 Å². The van der Waals surface area contributed by atoms with Gasteiger partial charge in [-0.15, -0.1) is 10.2 Å². The molecule has 0 fully saturated rings. The predicted octanol–water partition coefficient (Wildman–Crippen LogP) is 4.41. The Balaban J connectivity index is 1.51. The smallest absolute Gasteiger partial charge is 0.261 e. The van der Waals surface area contributed by atoms with Gasteiger partial charge in [0.1, 0.15) is 0 Å². The molecule has 162 valence electrons. The van der Waals surface area contributed by atoms with Crippen molar-refractivity contribution in [2.45, 2.75) is 18.7 Å². The van der Waals surface area contributed by atoms with Crippen molar-refractivity contribution >= 4 is 27.3 Å². The first kappa shape index (κ1) is 21.3. The number of para-hydroxylation sites is 1. The van der Waals surface area contributed by atoms with Crippen molar-refractivity contribution in [2.75, 3.05) is 10.0 Å². The zero-order chi connectivity index (χ0) is 22.7. The number of rotatable bonds is 6. The number of sulfonamides is 1. The third-order valence-corrected chi connectivity index (χ3v) is 6.29. The minimum atomic E-state index is -3.78. The van der Waals surface area contributed by atoms with Crippen molar-refractivity contribution in [3.05, 3.63) is 89.8 Å². The van der Waals surface area contributed by atoms with Crippen LogP contribution in [-0.2, 0) is 10.0 Å². The average Bonchev–Trinajstić information content (AvgIpc) is 3.32. The van der Waals surface area contributed by atoms with Gasteiger partial charge >= 0.3 is 0 Å². The summed E-state index contributed by atoms with van der Waals surface area (Å²) < 4.78 is 33.1. The number of aryl methyl sites for hydroxylation is 2. The van der Waals surface area contributed by atoms with Crippen molar-refractivity contribution in [3.63, 3.8) is 0 Å². The summed E-state index contributed by atoms with van der Waals surface area (Å²) in [5.74, 6) is -0.0252. The Bertz CT molecular complexity index is 1370. The summed E-state index contributed by atoms with van der Waals surface area (Å²) in [5, 5.41) is 10.4. The highest BCUT2D eigenvalue weighted by atomic mass is 32.2. The Morgan fingerprint density at radius 2 is 1.62 bits per heavy atom. The zero-order valence-corrected chi connectivity index (χ0v) is 18.2. The van der Waals surface area contributed by atoms with Crippen LogP contribution >= 0.6 is 0 Å². The highest BCUT2D eigenvalue weighted by molar-refractivity contribution is 7.92. The third kappa shape index (κ3) is 4.52. The number of carbonyl (C=O) groups excluding carboxylic acids is 1. The first-order chi connectivity index (χ1) is 15.3. The number of benzene rings is 3. The summed E-state index contributed by atoms with van der Waals surface area (Å²) in [5.41, 5.74) is 3.75. The lowest BCUT2D eigenvalue weighted by Gasteiger charge is -2.12. The van der Waals surface area contributed by atoms with Crippen molar-refractivity contribution in [2.24, 2.45) is 0 Å². The van der Waals surface area contributed by atoms with Crippen LogP contribution in [0.3, 0.4) is 0 Å². The monoisotopic (exact) mass is 448 g/mol. The molecular weight excluding hydrogens is 428 g/mol. The highest BCUT2D eigenvalue weighted by Gasteiger charge is 2.17. The van der Waals surface area contributed by atoms with Gasteiger partial charge in [0.2, 0.25) is 12.3 Å².